The molecule has 3 aromatic heterocycles. The van der Waals surface area contributed by atoms with Crippen LogP contribution in [-0.2, 0) is 0 Å². The largest absolute Gasteiger partial charge is 0.305 e. The van der Waals surface area contributed by atoms with Crippen molar-refractivity contribution in [2.75, 3.05) is 0 Å². The maximum absolute atomic E-state index is 12.8. The minimum atomic E-state index is -0.252. The van der Waals surface area contributed by atoms with Crippen molar-refractivity contribution < 1.29 is 0 Å². The molecule has 0 aliphatic heterocycles. The highest BCUT2D eigenvalue weighted by Crippen LogP contribution is 2.30. The molecule has 0 aliphatic carbocycles. The highest BCUT2D eigenvalue weighted by molar-refractivity contribution is 7.18. The normalized spacial score (nSPS) is 11.6. The summed E-state index contributed by atoms with van der Waals surface area (Å²) in [7, 11) is 0. The third-order valence-electron chi connectivity index (χ3n) is 5.58. The summed E-state index contributed by atoms with van der Waals surface area (Å²) in [5.74, 6) is 0.228. The van der Waals surface area contributed by atoms with Crippen molar-refractivity contribution >= 4 is 44.8 Å². The van der Waals surface area contributed by atoms with Gasteiger partial charge in [0.05, 0.1) is 16.6 Å². The number of rotatable bonds is 4. The molecule has 166 valence electrons. The summed E-state index contributed by atoms with van der Waals surface area (Å²) in [6.45, 7) is 3.86. The van der Waals surface area contributed by atoms with E-state index in [-0.39, 0.29) is 17.0 Å². The lowest BCUT2D eigenvalue weighted by atomic mass is 10.1. The lowest BCUT2D eigenvalue weighted by Gasteiger charge is -2.02. The van der Waals surface area contributed by atoms with Crippen molar-refractivity contribution in [3.63, 3.8) is 0 Å². The van der Waals surface area contributed by atoms with Crippen LogP contribution in [0.25, 0.3) is 38.8 Å². The Labute approximate surface area is 204 Å². The number of hydrogen-bond acceptors (Lipinski definition) is 5. The Kier molecular flexibility index (Phi) is 5.62. The monoisotopic (exact) mass is 483 g/mol. The number of halogens is 1. The van der Waals surface area contributed by atoms with Gasteiger partial charge in [0.1, 0.15) is 16.6 Å². The van der Waals surface area contributed by atoms with Crippen molar-refractivity contribution in [3.05, 3.63) is 98.0 Å². The van der Waals surface area contributed by atoms with Gasteiger partial charge in [-0.3, -0.25) is 4.79 Å². The lowest BCUT2D eigenvalue weighted by Crippen LogP contribution is -2.10. The van der Waals surface area contributed by atoms with E-state index in [0.717, 1.165) is 21.7 Å². The number of aromatic nitrogens is 4. The number of hydrogen-bond donors (Lipinski definition) is 1. The molecule has 1 N–H and O–H groups in total. The Morgan fingerprint density at radius 2 is 1.97 bits per heavy atom. The van der Waals surface area contributed by atoms with Crippen LogP contribution >= 0.6 is 22.9 Å². The fourth-order valence-electron chi connectivity index (χ4n) is 3.76. The molecule has 0 unspecified atom stereocenters. The molecule has 3 heterocycles. The van der Waals surface area contributed by atoms with Crippen LogP contribution in [0, 0.1) is 25.2 Å². The first kappa shape index (κ1) is 21.8. The molecule has 0 saturated heterocycles. The molecule has 0 radical (unpaired) electrons. The molecule has 0 aliphatic rings. The molecule has 8 heteroatoms. The second kappa shape index (κ2) is 8.75. The number of nitrogens with one attached hydrogen (secondary N) is 1. The van der Waals surface area contributed by atoms with Crippen LogP contribution in [-0.4, -0.2) is 19.7 Å². The van der Waals surface area contributed by atoms with Gasteiger partial charge < -0.3 is 4.98 Å². The van der Waals surface area contributed by atoms with E-state index in [1.165, 1.54) is 11.3 Å². The number of thiophene rings is 1. The average Bonchev–Trinajstić information content (AvgIpc) is 3.38. The number of para-hydroxylation sites is 1. The van der Waals surface area contributed by atoms with Crippen molar-refractivity contribution in [3.8, 4) is 23.0 Å². The Morgan fingerprint density at radius 1 is 1.18 bits per heavy atom. The van der Waals surface area contributed by atoms with E-state index >= 15 is 0 Å². The Hall–Kier alpha value is -3.99. The number of allylic oxidation sites excluding steroid dienone is 1. The zero-order valence-corrected chi connectivity index (χ0v) is 19.9. The first-order valence-corrected chi connectivity index (χ1v) is 11.7. The SMILES string of the molecule is Cc1sc2nc(/C(C#N)=C\c3cn(-c4ccccc4)nc3-c3cccc(Cl)c3)[nH]c(=O)c2c1C. The fourth-order valence-corrected chi connectivity index (χ4v) is 4.98. The van der Waals surface area contributed by atoms with E-state index < -0.39 is 0 Å². The number of nitriles is 1. The van der Waals surface area contributed by atoms with Gasteiger partial charge in [-0.25, -0.2) is 9.67 Å². The number of aromatic amines is 1. The molecular weight excluding hydrogens is 466 g/mol. The van der Waals surface area contributed by atoms with E-state index in [4.69, 9.17) is 16.7 Å². The molecule has 2 aromatic carbocycles. The van der Waals surface area contributed by atoms with Gasteiger partial charge in [0.15, 0.2) is 5.82 Å². The van der Waals surface area contributed by atoms with E-state index in [9.17, 15) is 10.1 Å². The molecule has 0 bridgehead atoms. The second-order valence-corrected chi connectivity index (χ2v) is 9.41. The van der Waals surface area contributed by atoms with Crippen molar-refractivity contribution in [1.29, 1.82) is 5.26 Å². The first-order chi connectivity index (χ1) is 16.4. The first-order valence-electron chi connectivity index (χ1n) is 10.5. The van der Waals surface area contributed by atoms with Gasteiger partial charge in [-0.2, -0.15) is 10.4 Å². The summed E-state index contributed by atoms with van der Waals surface area (Å²) in [6.07, 6.45) is 3.54. The predicted molar refractivity (Wildman–Crippen MR) is 137 cm³/mol. The van der Waals surface area contributed by atoms with E-state index in [1.807, 2.05) is 68.6 Å². The third kappa shape index (κ3) is 3.94. The standard InChI is InChI=1S/C26H18ClN5OS/c1-15-16(2)34-26-22(15)25(33)29-24(30-26)18(13-28)11-19-14-32(21-9-4-3-5-10-21)31-23(19)17-7-6-8-20(27)12-17/h3-12,14H,1-2H3,(H,29,30,33)/b18-11-. The van der Waals surface area contributed by atoms with E-state index in [2.05, 4.69) is 16.0 Å². The van der Waals surface area contributed by atoms with Crippen molar-refractivity contribution in [2.24, 2.45) is 0 Å². The zero-order valence-electron chi connectivity index (χ0n) is 18.3. The molecule has 34 heavy (non-hydrogen) atoms. The number of benzene rings is 2. The third-order valence-corrected chi connectivity index (χ3v) is 6.91. The molecule has 5 aromatic rings. The summed E-state index contributed by atoms with van der Waals surface area (Å²) in [5.41, 5.74) is 3.94. The predicted octanol–water partition coefficient (Wildman–Crippen LogP) is 6.17. The Morgan fingerprint density at radius 3 is 2.71 bits per heavy atom. The minimum Gasteiger partial charge on any atom is -0.305 e. The van der Waals surface area contributed by atoms with Gasteiger partial charge in [-0.15, -0.1) is 11.3 Å². The van der Waals surface area contributed by atoms with Crippen LogP contribution in [0.4, 0.5) is 0 Å². The number of H-pyrrole nitrogens is 1. The van der Waals surface area contributed by atoms with Crippen LogP contribution in [0.2, 0.25) is 5.02 Å². The molecule has 0 amide bonds. The molecule has 5 rings (SSSR count). The van der Waals surface area contributed by atoms with Gasteiger partial charge >= 0.3 is 0 Å². The second-order valence-electron chi connectivity index (χ2n) is 7.77. The summed E-state index contributed by atoms with van der Waals surface area (Å²) in [5, 5.41) is 15.9. The molecular formula is C26H18ClN5OS. The Balaban J connectivity index is 1.70. The van der Waals surface area contributed by atoms with Crippen molar-refractivity contribution in [1.82, 2.24) is 19.7 Å². The van der Waals surface area contributed by atoms with Gasteiger partial charge in [0.25, 0.3) is 5.56 Å². The van der Waals surface area contributed by atoms with Gasteiger partial charge in [0.2, 0.25) is 0 Å². The molecule has 0 saturated carbocycles. The highest BCUT2D eigenvalue weighted by atomic mass is 35.5. The quantitative estimate of drug-likeness (QED) is 0.309. The lowest BCUT2D eigenvalue weighted by molar-refractivity contribution is 0.884. The van der Waals surface area contributed by atoms with Crippen LogP contribution in [0.3, 0.4) is 0 Å². The average molecular weight is 484 g/mol. The van der Waals surface area contributed by atoms with Crippen LogP contribution in [0.1, 0.15) is 21.8 Å². The molecule has 6 nitrogen and oxygen atoms in total. The van der Waals surface area contributed by atoms with Crippen molar-refractivity contribution in [2.45, 2.75) is 13.8 Å². The molecule has 0 spiro atoms. The van der Waals surface area contributed by atoms with E-state index in [1.54, 1.807) is 16.8 Å². The van der Waals surface area contributed by atoms with Gasteiger partial charge in [-0.1, -0.05) is 41.9 Å². The fraction of sp³-hybridized carbons (Fsp3) is 0.0769. The van der Waals surface area contributed by atoms with Crippen LogP contribution in [0.15, 0.2) is 65.6 Å². The molecule has 0 fully saturated rings. The maximum Gasteiger partial charge on any atom is 0.260 e. The molecule has 0 atom stereocenters. The zero-order chi connectivity index (χ0) is 23.8. The summed E-state index contributed by atoms with van der Waals surface area (Å²) >= 11 is 7.68. The highest BCUT2D eigenvalue weighted by Gasteiger charge is 2.16. The summed E-state index contributed by atoms with van der Waals surface area (Å²) in [6, 6.07) is 19.3. The smallest absolute Gasteiger partial charge is 0.260 e. The maximum atomic E-state index is 12.8. The van der Waals surface area contributed by atoms with Gasteiger partial charge in [0, 0.05) is 27.2 Å². The Bertz CT molecular complexity index is 1670. The number of fused-ring (bicyclic) bond motifs is 1. The minimum absolute atomic E-state index is 0.228. The number of aryl methyl sites for hydroxylation is 2. The topological polar surface area (TPSA) is 87.4 Å². The summed E-state index contributed by atoms with van der Waals surface area (Å²) in [4.78, 5) is 21.8. The van der Waals surface area contributed by atoms with Crippen LogP contribution < -0.4 is 5.56 Å². The number of nitrogens with zero attached hydrogens (tertiary/aromatic N) is 4. The summed E-state index contributed by atoms with van der Waals surface area (Å²) < 4.78 is 1.75. The van der Waals surface area contributed by atoms with Crippen LogP contribution in [0.5, 0.6) is 0 Å². The van der Waals surface area contributed by atoms with E-state index in [0.29, 0.717) is 26.5 Å². The van der Waals surface area contributed by atoms with Gasteiger partial charge in [-0.05, 0) is 49.8 Å².